The monoisotopic (exact) mass is 389 g/mol. The van der Waals surface area contributed by atoms with Gasteiger partial charge in [-0.25, -0.2) is 5.43 Å². The van der Waals surface area contributed by atoms with E-state index in [-0.39, 0.29) is 24.0 Å². The molecule has 0 unspecified atom stereocenters. The Kier molecular flexibility index (Phi) is 8.18. The summed E-state index contributed by atoms with van der Waals surface area (Å²) in [6.45, 7) is 1.70. The van der Waals surface area contributed by atoms with Crippen LogP contribution in [0.2, 0.25) is 5.02 Å². The first kappa shape index (κ1) is 20.0. The Morgan fingerprint density at radius 1 is 1.04 bits per heavy atom. The van der Waals surface area contributed by atoms with Crippen molar-refractivity contribution < 1.29 is 9.59 Å². The van der Waals surface area contributed by atoms with Crippen LogP contribution >= 0.6 is 23.4 Å². The molecule has 0 aliphatic heterocycles. The van der Waals surface area contributed by atoms with E-state index >= 15 is 0 Å². The number of nitrogens with zero attached hydrogens (tertiary/aromatic N) is 1. The molecule has 0 spiro atoms. The lowest BCUT2D eigenvalue weighted by Gasteiger charge is -2.06. The minimum atomic E-state index is -0.218. The Labute approximate surface area is 162 Å². The molecule has 0 atom stereocenters. The molecule has 2 aromatic carbocycles. The van der Waals surface area contributed by atoms with Crippen LogP contribution in [0.1, 0.15) is 18.9 Å². The third-order valence-corrected chi connectivity index (χ3v) is 4.64. The highest BCUT2D eigenvalue weighted by atomic mass is 35.5. The van der Waals surface area contributed by atoms with Gasteiger partial charge < -0.3 is 5.32 Å². The minimum absolute atomic E-state index is 0.113. The number of halogens is 1. The number of hydrazone groups is 1. The van der Waals surface area contributed by atoms with Gasteiger partial charge in [0.05, 0.1) is 12.2 Å². The predicted octanol–water partition coefficient (Wildman–Crippen LogP) is 4.09. The lowest BCUT2D eigenvalue weighted by atomic mass is 10.2. The van der Waals surface area contributed by atoms with Crippen LogP contribution in [0, 0.1) is 0 Å². The molecule has 5 nitrogen and oxygen atoms in total. The van der Waals surface area contributed by atoms with Crippen LogP contribution < -0.4 is 10.7 Å². The van der Waals surface area contributed by atoms with Crippen LogP contribution in [0.4, 0.5) is 5.69 Å². The third-order valence-electron chi connectivity index (χ3n) is 3.29. The summed E-state index contributed by atoms with van der Waals surface area (Å²) in [7, 11) is 0. The summed E-state index contributed by atoms with van der Waals surface area (Å²) < 4.78 is 0. The minimum Gasteiger partial charge on any atom is -0.326 e. The van der Waals surface area contributed by atoms with Crippen molar-refractivity contribution in [1.82, 2.24) is 5.43 Å². The molecule has 0 bridgehead atoms. The fourth-order valence-electron chi connectivity index (χ4n) is 2.06. The smallest absolute Gasteiger partial charge is 0.250 e. The van der Waals surface area contributed by atoms with E-state index in [0.717, 1.165) is 11.3 Å². The summed E-state index contributed by atoms with van der Waals surface area (Å²) in [6, 6.07) is 16.7. The van der Waals surface area contributed by atoms with Crippen LogP contribution in [-0.4, -0.2) is 23.3 Å². The SMILES string of the molecule is C/C(CC(=O)Nc1ccccc1)=N/NC(=O)CSCc1ccccc1Cl. The van der Waals surface area contributed by atoms with Crippen molar-refractivity contribution in [3.8, 4) is 0 Å². The molecule has 0 fully saturated rings. The van der Waals surface area contributed by atoms with Crippen LogP contribution in [0.3, 0.4) is 0 Å². The van der Waals surface area contributed by atoms with E-state index in [1.165, 1.54) is 11.8 Å². The molecule has 0 aliphatic rings. The van der Waals surface area contributed by atoms with Crippen molar-refractivity contribution in [1.29, 1.82) is 0 Å². The van der Waals surface area contributed by atoms with Gasteiger partial charge in [-0.2, -0.15) is 5.10 Å². The molecule has 26 heavy (non-hydrogen) atoms. The van der Waals surface area contributed by atoms with Gasteiger partial charge in [-0.05, 0) is 30.7 Å². The average Bonchev–Trinajstić information content (AvgIpc) is 2.62. The first-order chi connectivity index (χ1) is 12.5. The predicted molar refractivity (Wildman–Crippen MR) is 109 cm³/mol. The molecular formula is C19H20ClN3O2S. The number of carbonyl (C=O) groups is 2. The largest absolute Gasteiger partial charge is 0.326 e. The highest BCUT2D eigenvalue weighted by Crippen LogP contribution is 2.20. The van der Waals surface area contributed by atoms with Crippen LogP contribution in [0.25, 0.3) is 0 Å². The topological polar surface area (TPSA) is 70.6 Å². The van der Waals surface area contributed by atoms with Crippen molar-refractivity contribution in [2.75, 3.05) is 11.1 Å². The quantitative estimate of drug-likeness (QED) is 0.527. The van der Waals surface area contributed by atoms with Gasteiger partial charge in [-0.15, -0.1) is 11.8 Å². The van der Waals surface area contributed by atoms with E-state index in [9.17, 15) is 9.59 Å². The van der Waals surface area contributed by atoms with Crippen molar-refractivity contribution in [3.63, 3.8) is 0 Å². The van der Waals surface area contributed by atoms with Gasteiger partial charge >= 0.3 is 0 Å². The Hall–Kier alpha value is -2.31. The summed E-state index contributed by atoms with van der Waals surface area (Å²) in [4.78, 5) is 23.7. The number of rotatable bonds is 8. The normalized spacial score (nSPS) is 11.1. The molecule has 7 heteroatoms. The average molecular weight is 390 g/mol. The summed E-state index contributed by atoms with van der Waals surface area (Å²) in [5.41, 5.74) is 4.72. The highest BCUT2D eigenvalue weighted by molar-refractivity contribution is 7.99. The van der Waals surface area contributed by atoms with E-state index in [1.807, 2.05) is 54.6 Å². The number of anilines is 1. The Balaban J connectivity index is 1.69. The number of hydrogen-bond donors (Lipinski definition) is 2. The van der Waals surface area contributed by atoms with Crippen molar-refractivity contribution >= 4 is 46.6 Å². The standard InChI is InChI=1S/C19H20ClN3O2S/c1-14(11-18(24)21-16-8-3-2-4-9-16)22-23-19(25)13-26-12-15-7-5-6-10-17(15)20/h2-10H,11-13H2,1H3,(H,21,24)(H,23,25)/b22-14-. The number of amides is 2. The Bertz CT molecular complexity index is 781. The zero-order valence-corrected chi connectivity index (χ0v) is 15.9. The summed E-state index contributed by atoms with van der Waals surface area (Å²) in [5.74, 6) is 0.512. The fourth-order valence-corrected chi connectivity index (χ4v) is 3.16. The maximum atomic E-state index is 11.9. The molecule has 2 rings (SSSR count). The van der Waals surface area contributed by atoms with Gasteiger partial charge in [-0.1, -0.05) is 48.0 Å². The number of carbonyl (C=O) groups excluding carboxylic acids is 2. The molecule has 0 radical (unpaired) electrons. The molecule has 0 aromatic heterocycles. The van der Waals surface area contributed by atoms with Gasteiger partial charge in [0.15, 0.2) is 0 Å². The zero-order valence-electron chi connectivity index (χ0n) is 14.4. The van der Waals surface area contributed by atoms with Crippen molar-refractivity contribution in [2.45, 2.75) is 19.1 Å². The molecule has 2 aromatic rings. The summed E-state index contributed by atoms with van der Waals surface area (Å²) in [6.07, 6.45) is 0.113. The summed E-state index contributed by atoms with van der Waals surface area (Å²) in [5, 5.41) is 7.43. The second-order valence-electron chi connectivity index (χ2n) is 5.56. The van der Waals surface area contributed by atoms with Crippen LogP contribution in [0.5, 0.6) is 0 Å². The summed E-state index contributed by atoms with van der Waals surface area (Å²) >= 11 is 7.53. The van der Waals surface area contributed by atoms with Gasteiger partial charge in [0.25, 0.3) is 0 Å². The molecule has 0 saturated carbocycles. The van der Waals surface area contributed by atoms with Gasteiger partial charge in [-0.3, -0.25) is 9.59 Å². The lowest BCUT2D eigenvalue weighted by molar-refractivity contribution is -0.118. The molecule has 2 N–H and O–H groups in total. The van der Waals surface area contributed by atoms with Crippen LogP contribution in [-0.2, 0) is 15.3 Å². The molecule has 0 aliphatic carbocycles. The second kappa shape index (κ2) is 10.6. The van der Waals surface area contributed by atoms with E-state index in [4.69, 9.17) is 11.6 Å². The van der Waals surface area contributed by atoms with E-state index in [2.05, 4.69) is 15.8 Å². The second-order valence-corrected chi connectivity index (χ2v) is 6.95. The maximum absolute atomic E-state index is 11.9. The Morgan fingerprint density at radius 2 is 1.73 bits per heavy atom. The van der Waals surface area contributed by atoms with Crippen LogP contribution in [0.15, 0.2) is 59.7 Å². The highest BCUT2D eigenvalue weighted by Gasteiger charge is 2.06. The number of benzene rings is 2. The molecule has 2 amide bonds. The van der Waals surface area contributed by atoms with Gasteiger partial charge in [0, 0.05) is 22.2 Å². The maximum Gasteiger partial charge on any atom is 0.250 e. The number of nitrogens with one attached hydrogen (secondary N) is 2. The van der Waals surface area contributed by atoms with Crippen molar-refractivity contribution in [2.24, 2.45) is 5.10 Å². The third kappa shape index (κ3) is 7.29. The molecular weight excluding hydrogens is 370 g/mol. The van der Waals surface area contributed by atoms with E-state index in [1.54, 1.807) is 6.92 Å². The molecule has 0 saturated heterocycles. The first-order valence-electron chi connectivity index (χ1n) is 8.02. The zero-order chi connectivity index (χ0) is 18.8. The van der Waals surface area contributed by atoms with Gasteiger partial charge in [0.1, 0.15) is 0 Å². The number of para-hydroxylation sites is 1. The van der Waals surface area contributed by atoms with E-state index in [0.29, 0.717) is 16.5 Å². The number of thioether (sulfide) groups is 1. The van der Waals surface area contributed by atoms with Gasteiger partial charge in [0.2, 0.25) is 11.8 Å². The molecule has 136 valence electrons. The Morgan fingerprint density at radius 3 is 2.46 bits per heavy atom. The van der Waals surface area contributed by atoms with Crippen molar-refractivity contribution in [3.05, 3.63) is 65.2 Å². The fraction of sp³-hybridized carbons (Fsp3) is 0.211. The number of hydrogen-bond acceptors (Lipinski definition) is 4. The molecule has 0 heterocycles. The lowest BCUT2D eigenvalue weighted by Crippen LogP contribution is -2.23. The first-order valence-corrected chi connectivity index (χ1v) is 9.56. The van der Waals surface area contributed by atoms with E-state index < -0.39 is 0 Å².